The molecule has 70 valence electrons. The molecule has 0 aromatic heterocycles. The Labute approximate surface area is 72.1 Å². The van der Waals surface area contributed by atoms with Gasteiger partial charge in [-0.05, 0) is 6.42 Å². The van der Waals surface area contributed by atoms with E-state index in [-0.39, 0.29) is 6.54 Å². The van der Waals surface area contributed by atoms with E-state index in [1.807, 2.05) is 6.92 Å². The first-order valence-corrected chi connectivity index (χ1v) is 4.14. The van der Waals surface area contributed by atoms with Crippen LogP contribution in [0.5, 0.6) is 0 Å². The summed E-state index contributed by atoms with van der Waals surface area (Å²) in [6.07, 6.45) is 3.09. The number of rotatable bonds is 5. The summed E-state index contributed by atoms with van der Waals surface area (Å²) in [5, 5.41) is 0. The first kappa shape index (κ1) is 11.1. The van der Waals surface area contributed by atoms with E-state index in [4.69, 9.17) is 5.73 Å². The van der Waals surface area contributed by atoms with Gasteiger partial charge in [0.15, 0.2) is 0 Å². The van der Waals surface area contributed by atoms with Crippen LogP contribution in [0.25, 0.3) is 0 Å². The van der Waals surface area contributed by atoms with Crippen molar-refractivity contribution in [1.29, 1.82) is 0 Å². The summed E-state index contributed by atoms with van der Waals surface area (Å²) in [6.45, 7) is 1.80. The summed E-state index contributed by atoms with van der Waals surface area (Å²) in [5.74, 6) is -1.13. The highest BCUT2D eigenvalue weighted by atomic mass is 16.6. The summed E-state index contributed by atoms with van der Waals surface area (Å²) >= 11 is 0. The van der Waals surface area contributed by atoms with Crippen LogP contribution in [0.3, 0.4) is 0 Å². The summed E-state index contributed by atoms with van der Waals surface area (Å²) in [5.41, 5.74) is 4.95. The minimum Gasteiger partial charge on any atom is -0.392 e. The molecule has 0 aromatic rings. The molecule has 0 heterocycles. The van der Waals surface area contributed by atoms with Crippen LogP contribution in [-0.4, -0.2) is 18.5 Å². The second-order valence-electron chi connectivity index (χ2n) is 2.51. The smallest absolute Gasteiger partial charge is 0.327 e. The summed E-state index contributed by atoms with van der Waals surface area (Å²) in [6, 6.07) is 0. The SMILES string of the molecule is CCCCCC(=O)OC(=O)CN. The Morgan fingerprint density at radius 3 is 2.42 bits per heavy atom. The van der Waals surface area contributed by atoms with Gasteiger partial charge in [0, 0.05) is 6.42 Å². The lowest BCUT2D eigenvalue weighted by molar-refractivity contribution is -0.158. The third kappa shape index (κ3) is 5.85. The van der Waals surface area contributed by atoms with Crippen molar-refractivity contribution in [1.82, 2.24) is 0 Å². The molecule has 4 heteroatoms. The molecule has 12 heavy (non-hydrogen) atoms. The average Bonchev–Trinajstić information content (AvgIpc) is 2.05. The molecular formula is C8H15NO3. The van der Waals surface area contributed by atoms with Gasteiger partial charge in [-0.1, -0.05) is 19.8 Å². The minimum atomic E-state index is -0.656. The van der Waals surface area contributed by atoms with E-state index >= 15 is 0 Å². The third-order valence-electron chi connectivity index (χ3n) is 1.38. The lowest BCUT2D eigenvalue weighted by Gasteiger charge is -1.99. The number of carbonyl (C=O) groups excluding carboxylic acids is 2. The molecule has 0 rings (SSSR count). The molecule has 0 aliphatic carbocycles. The predicted octanol–water partition coefficient (Wildman–Crippen LogP) is 0.595. The van der Waals surface area contributed by atoms with E-state index in [1.165, 1.54) is 0 Å². The lowest BCUT2D eigenvalue weighted by Crippen LogP contribution is -2.20. The molecule has 0 radical (unpaired) electrons. The van der Waals surface area contributed by atoms with Crippen LogP contribution in [-0.2, 0) is 14.3 Å². The molecule has 0 saturated carbocycles. The quantitative estimate of drug-likeness (QED) is 0.375. The van der Waals surface area contributed by atoms with E-state index < -0.39 is 11.9 Å². The molecule has 0 unspecified atom stereocenters. The third-order valence-corrected chi connectivity index (χ3v) is 1.38. The molecule has 2 N–H and O–H groups in total. The van der Waals surface area contributed by atoms with Crippen LogP contribution >= 0.6 is 0 Å². The zero-order chi connectivity index (χ0) is 9.40. The predicted molar refractivity (Wildman–Crippen MR) is 44.3 cm³/mol. The van der Waals surface area contributed by atoms with E-state index in [9.17, 15) is 9.59 Å². The van der Waals surface area contributed by atoms with Gasteiger partial charge in [0.2, 0.25) is 0 Å². The van der Waals surface area contributed by atoms with Gasteiger partial charge in [0.05, 0.1) is 6.54 Å². The maximum Gasteiger partial charge on any atom is 0.327 e. The molecule has 0 aromatic carbocycles. The van der Waals surface area contributed by atoms with Gasteiger partial charge < -0.3 is 10.5 Å². The summed E-state index contributed by atoms with van der Waals surface area (Å²) in [7, 11) is 0. The summed E-state index contributed by atoms with van der Waals surface area (Å²) < 4.78 is 4.34. The maximum absolute atomic E-state index is 10.8. The van der Waals surface area contributed by atoms with Gasteiger partial charge in [-0.15, -0.1) is 0 Å². The van der Waals surface area contributed by atoms with E-state index in [2.05, 4.69) is 4.74 Å². The number of unbranched alkanes of at least 4 members (excludes halogenated alkanes) is 2. The van der Waals surface area contributed by atoms with Crippen molar-refractivity contribution in [2.45, 2.75) is 32.6 Å². The van der Waals surface area contributed by atoms with Gasteiger partial charge in [-0.3, -0.25) is 9.59 Å². The fourth-order valence-corrected chi connectivity index (χ4v) is 0.739. The second kappa shape index (κ2) is 6.79. The van der Waals surface area contributed by atoms with Crippen LogP contribution in [0.15, 0.2) is 0 Å². The highest BCUT2D eigenvalue weighted by molar-refractivity contribution is 5.86. The fourth-order valence-electron chi connectivity index (χ4n) is 0.739. The standard InChI is InChI=1S/C8H15NO3/c1-2-3-4-5-7(10)12-8(11)6-9/h2-6,9H2,1H3. The van der Waals surface area contributed by atoms with Gasteiger partial charge >= 0.3 is 11.9 Å². The Bertz CT molecular complexity index is 156. The number of hydrogen-bond donors (Lipinski definition) is 1. The lowest BCUT2D eigenvalue weighted by atomic mass is 10.2. The van der Waals surface area contributed by atoms with Crippen molar-refractivity contribution >= 4 is 11.9 Å². The normalized spacial score (nSPS) is 9.50. The Kier molecular flexibility index (Phi) is 6.28. The molecule has 0 atom stereocenters. The fraction of sp³-hybridized carbons (Fsp3) is 0.750. The molecule has 0 aliphatic heterocycles. The topological polar surface area (TPSA) is 69.4 Å². The highest BCUT2D eigenvalue weighted by Crippen LogP contribution is 2.00. The van der Waals surface area contributed by atoms with Crippen molar-refractivity contribution in [3.63, 3.8) is 0 Å². The summed E-state index contributed by atoms with van der Waals surface area (Å²) in [4.78, 5) is 21.3. The number of esters is 2. The Hall–Kier alpha value is -0.900. The molecular weight excluding hydrogens is 158 g/mol. The highest BCUT2D eigenvalue weighted by Gasteiger charge is 2.06. The zero-order valence-electron chi connectivity index (χ0n) is 7.34. The molecule has 0 aliphatic rings. The van der Waals surface area contributed by atoms with Gasteiger partial charge in [-0.2, -0.15) is 0 Å². The van der Waals surface area contributed by atoms with Crippen molar-refractivity contribution in [3.8, 4) is 0 Å². The Morgan fingerprint density at radius 1 is 1.25 bits per heavy atom. The molecule has 0 saturated heterocycles. The van der Waals surface area contributed by atoms with E-state index in [0.717, 1.165) is 19.3 Å². The minimum absolute atomic E-state index is 0.237. The average molecular weight is 173 g/mol. The molecule has 4 nitrogen and oxygen atoms in total. The molecule has 0 amide bonds. The first-order valence-electron chi connectivity index (χ1n) is 4.14. The van der Waals surface area contributed by atoms with Gasteiger partial charge in [0.1, 0.15) is 0 Å². The second-order valence-corrected chi connectivity index (χ2v) is 2.51. The van der Waals surface area contributed by atoms with Gasteiger partial charge in [-0.25, -0.2) is 0 Å². The Morgan fingerprint density at radius 2 is 1.92 bits per heavy atom. The number of hydrogen-bond acceptors (Lipinski definition) is 4. The zero-order valence-corrected chi connectivity index (χ0v) is 7.34. The van der Waals surface area contributed by atoms with Crippen molar-refractivity contribution in [2.75, 3.05) is 6.54 Å². The largest absolute Gasteiger partial charge is 0.392 e. The van der Waals surface area contributed by atoms with E-state index in [0.29, 0.717) is 6.42 Å². The van der Waals surface area contributed by atoms with Gasteiger partial charge in [0.25, 0.3) is 0 Å². The van der Waals surface area contributed by atoms with Crippen LogP contribution in [0, 0.1) is 0 Å². The van der Waals surface area contributed by atoms with Crippen molar-refractivity contribution in [2.24, 2.45) is 5.73 Å². The Balaban J connectivity index is 3.40. The van der Waals surface area contributed by atoms with E-state index in [1.54, 1.807) is 0 Å². The van der Waals surface area contributed by atoms with Crippen molar-refractivity contribution < 1.29 is 14.3 Å². The number of ether oxygens (including phenoxy) is 1. The van der Waals surface area contributed by atoms with Crippen LogP contribution < -0.4 is 5.73 Å². The number of nitrogens with two attached hydrogens (primary N) is 1. The monoisotopic (exact) mass is 173 g/mol. The van der Waals surface area contributed by atoms with Crippen molar-refractivity contribution in [3.05, 3.63) is 0 Å². The van der Waals surface area contributed by atoms with Crippen LogP contribution in [0.4, 0.5) is 0 Å². The first-order chi connectivity index (χ1) is 5.70. The number of carbonyl (C=O) groups is 2. The van der Waals surface area contributed by atoms with Crippen LogP contribution in [0.1, 0.15) is 32.6 Å². The van der Waals surface area contributed by atoms with Crippen LogP contribution in [0.2, 0.25) is 0 Å². The molecule has 0 fully saturated rings. The molecule has 0 bridgehead atoms. The maximum atomic E-state index is 10.8. The molecule has 0 spiro atoms.